The molecule has 0 fully saturated rings. The molecule has 0 saturated heterocycles. The van der Waals surface area contributed by atoms with E-state index in [1.165, 1.54) is 11.8 Å². The Morgan fingerprint density at radius 3 is 2.47 bits per heavy atom. The van der Waals surface area contributed by atoms with Gasteiger partial charge >= 0.3 is 6.09 Å². The molecule has 1 aromatic heterocycles. The van der Waals surface area contributed by atoms with Gasteiger partial charge in [0.25, 0.3) is 5.91 Å². The second-order valence-corrected chi connectivity index (χ2v) is 9.47. The minimum atomic E-state index is -0.583. The summed E-state index contributed by atoms with van der Waals surface area (Å²) in [4.78, 5) is 29.1. The number of hydrogen-bond acceptors (Lipinski definition) is 7. The fourth-order valence-corrected chi connectivity index (χ4v) is 5.08. The second-order valence-electron chi connectivity index (χ2n) is 7.22. The van der Waals surface area contributed by atoms with Gasteiger partial charge in [-0.1, -0.05) is 42.1 Å². The molecule has 0 spiro atoms. The Labute approximate surface area is 205 Å². The Morgan fingerprint density at radius 2 is 1.71 bits per heavy atom. The molecule has 2 amide bonds. The summed E-state index contributed by atoms with van der Waals surface area (Å²) in [6, 6.07) is 22.5. The third-order valence-corrected chi connectivity index (χ3v) is 6.99. The molecule has 0 aliphatic carbocycles. The highest BCUT2D eigenvalue weighted by atomic mass is 32.2. The molecule has 4 aromatic rings. The quantitative estimate of drug-likeness (QED) is 0.218. The number of nitrogens with zero attached hydrogens (tertiary/aromatic N) is 1. The number of thiazole rings is 1. The Morgan fingerprint density at radius 1 is 0.941 bits per heavy atom. The predicted molar refractivity (Wildman–Crippen MR) is 137 cm³/mol. The maximum atomic E-state index is 12.7. The number of fused-ring (bicyclic) bond motifs is 1. The van der Waals surface area contributed by atoms with Crippen molar-refractivity contribution >= 4 is 56.7 Å². The van der Waals surface area contributed by atoms with Crippen molar-refractivity contribution in [3.8, 4) is 0 Å². The van der Waals surface area contributed by atoms with Gasteiger partial charge in [0, 0.05) is 29.8 Å². The first-order valence-electron chi connectivity index (χ1n) is 10.5. The van der Waals surface area contributed by atoms with Gasteiger partial charge in [-0.15, -0.1) is 11.3 Å². The Bertz CT molecular complexity index is 1240. The topological polar surface area (TPSA) is 89.5 Å². The molecule has 2 N–H and O–H groups in total. The molecule has 0 bridgehead atoms. The van der Waals surface area contributed by atoms with Gasteiger partial charge in [0.05, 0.1) is 16.8 Å². The maximum absolute atomic E-state index is 12.7. The predicted octanol–water partition coefficient (Wildman–Crippen LogP) is 6.04. The minimum Gasteiger partial charge on any atom is -0.447 e. The SMILES string of the molecule is COCCOC(=O)Nc1cccc(NC(=O)c2ccc(CSc3nc4ccccc4s3)cc2)c1. The van der Waals surface area contributed by atoms with E-state index < -0.39 is 6.09 Å². The fourth-order valence-electron chi connectivity index (χ4n) is 3.06. The van der Waals surface area contributed by atoms with Crippen molar-refractivity contribution in [2.45, 2.75) is 10.1 Å². The van der Waals surface area contributed by atoms with Crippen LogP contribution in [0.15, 0.2) is 77.1 Å². The largest absolute Gasteiger partial charge is 0.447 e. The highest BCUT2D eigenvalue weighted by Gasteiger charge is 2.09. The van der Waals surface area contributed by atoms with Crippen molar-refractivity contribution in [3.05, 3.63) is 83.9 Å². The Balaban J connectivity index is 1.30. The zero-order valence-corrected chi connectivity index (χ0v) is 20.1. The average molecular weight is 494 g/mol. The van der Waals surface area contributed by atoms with E-state index in [9.17, 15) is 9.59 Å². The van der Waals surface area contributed by atoms with Gasteiger partial charge in [-0.25, -0.2) is 9.78 Å². The van der Waals surface area contributed by atoms with Crippen LogP contribution < -0.4 is 10.6 Å². The maximum Gasteiger partial charge on any atom is 0.411 e. The number of nitrogens with one attached hydrogen (secondary N) is 2. The van der Waals surface area contributed by atoms with Gasteiger partial charge in [0.1, 0.15) is 6.61 Å². The molecule has 1 heterocycles. The summed E-state index contributed by atoms with van der Waals surface area (Å²) >= 11 is 3.37. The number of methoxy groups -OCH3 is 1. The van der Waals surface area contributed by atoms with Gasteiger partial charge in [-0.05, 0) is 48.0 Å². The number of thioether (sulfide) groups is 1. The van der Waals surface area contributed by atoms with E-state index in [4.69, 9.17) is 9.47 Å². The van der Waals surface area contributed by atoms with Crippen LogP contribution in [0.1, 0.15) is 15.9 Å². The molecule has 0 atom stereocenters. The lowest BCUT2D eigenvalue weighted by molar-refractivity contribution is 0.102. The van der Waals surface area contributed by atoms with Crippen molar-refractivity contribution in [1.29, 1.82) is 0 Å². The van der Waals surface area contributed by atoms with Gasteiger partial charge < -0.3 is 14.8 Å². The van der Waals surface area contributed by atoms with Crippen LogP contribution in [-0.4, -0.2) is 37.3 Å². The number of carbonyl (C=O) groups excluding carboxylic acids is 2. The zero-order valence-electron chi connectivity index (χ0n) is 18.4. The molecular formula is C25H23N3O4S2. The molecule has 9 heteroatoms. The Hall–Kier alpha value is -3.40. The molecule has 0 aliphatic heterocycles. The fraction of sp³-hybridized carbons (Fsp3) is 0.160. The third kappa shape index (κ3) is 6.57. The van der Waals surface area contributed by atoms with Gasteiger partial charge in [-0.3, -0.25) is 10.1 Å². The van der Waals surface area contributed by atoms with Gasteiger partial charge in [-0.2, -0.15) is 0 Å². The summed E-state index contributed by atoms with van der Waals surface area (Å²) in [6.45, 7) is 0.483. The molecule has 0 aliphatic rings. The summed E-state index contributed by atoms with van der Waals surface area (Å²) in [7, 11) is 1.53. The summed E-state index contributed by atoms with van der Waals surface area (Å²) in [5.74, 6) is 0.542. The number of para-hydroxylation sites is 1. The molecular weight excluding hydrogens is 470 g/mol. The second kappa shape index (κ2) is 11.6. The lowest BCUT2D eigenvalue weighted by Gasteiger charge is -2.10. The van der Waals surface area contributed by atoms with Crippen LogP contribution >= 0.6 is 23.1 Å². The van der Waals surface area contributed by atoms with Crippen LogP contribution in [0.25, 0.3) is 10.2 Å². The van der Waals surface area contributed by atoms with Crippen LogP contribution in [-0.2, 0) is 15.2 Å². The summed E-state index contributed by atoms with van der Waals surface area (Å²) in [6.07, 6.45) is -0.583. The van der Waals surface area contributed by atoms with Crippen molar-refractivity contribution in [2.24, 2.45) is 0 Å². The Kier molecular flexibility index (Phi) is 8.13. The molecule has 174 valence electrons. The standard InChI is InChI=1S/C25H23N3O4S2/c1-31-13-14-32-24(30)27-20-6-4-5-19(15-20)26-23(29)18-11-9-17(10-12-18)16-33-25-28-21-7-2-3-8-22(21)34-25/h2-12,15H,13-14,16H2,1H3,(H,26,29)(H,27,30). The van der Waals surface area contributed by atoms with Gasteiger partial charge in [0.15, 0.2) is 4.34 Å². The normalized spacial score (nSPS) is 10.7. The highest BCUT2D eigenvalue weighted by molar-refractivity contribution is 8.00. The summed E-state index contributed by atoms with van der Waals surface area (Å²) < 4.78 is 12.0. The van der Waals surface area contributed by atoms with Crippen molar-refractivity contribution in [3.63, 3.8) is 0 Å². The first-order chi connectivity index (χ1) is 16.6. The van der Waals surface area contributed by atoms with Crippen LogP contribution in [0.3, 0.4) is 0 Å². The van der Waals surface area contributed by atoms with Gasteiger partial charge in [0.2, 0.25) is 0 Å². The minimum absolute atomic E-state index is 0.161. The van der Waals surface area contributed by atoms with E-state index in [0.29, 0.717) is 23.5 Å². The van der Waals surface area contributed by atoms with Crippen LogP contribution in [0.2, 0.25) is 0 Å². The highest BCUT2D eigenvalue weighted by Crippen LogP contribution is 2.31. The van der Waals surface area contributed by atoms with E-state index in [2.05, 4.69) is 21.7 Å². The molecule has 0 radical (unpaired) electrons. The molecule has 0 saturated carbocycles. The molecule has 7 nitrogen and oxygen atoms in total. The van der Waals surface area contributed by atoms with Crippen LogP contribution in [0.4, 0.5) is 16.2 Å². The number of amides is 2. The number of hydrogen-bond donors (Lipinski definition) is 2. The first-order valence-corrected chi connectivity index (χ1v) is 12.3. The smallest absolute Gasteiger partial charge is 0.411 e. The van der Waals surface area contributed by atoms with E-state index in [0.717, 1.165) is 21.2 Å². The molecule has 4 rings (SSSR count). The number of rotatable bonds is 9. The summed E-state index contributed by atoms with van der Waals surface area (Å²) in [5.41, 5.74) is 3.76. The lowest BCUT2D eigenvalue weighted by Crippen LogP contribution is -2.17. The number of benzene rings is 3. The zero-order chi connectivity index (χ0) is 23.8. The lowest BCUT2D eigenvalue weighted by atomic mass is 10.1. The van der Waals surface area contributed by atoms with Crippen molar-refractivity contribution in [1.82, 2.24) is 4.98 Å². The molecule has 34 heavy (non-hydrogen) atoms. The molecule has 0 unspecified atom stereocenters. The van der Waals surface area contributed by atoms with E-state index in [-0.39, 0.29) is 12.5 Å². The number of carbonyl (C=O) groups is 2. The van der Waals surface area contributed by atoms with Crippen molar-refractivity contribution < 1.29 is 19.1 Å². The average Bonchev–Trinajstić information content (AvgIpc) is 3.26. The number of aromatic nitrogens is 1. The van der Waals surface area contributed by atoms with E-state index in [1.54, 1.807) is 59.5 Å². The third-order valence-electron chi connectivity index (χ3n) is 4.74. The summed E-state index contributed by atoms with van der Waals surface area (Å²) in [5, 5.41) is 5.47. The van der Waals surface area contributed by atoms with Crippen molar-refractivity contribution in [2.75, 3.05) is 31.0 Å². The van der Waals surface area contributed by atoms with Crippen LogP contribution in [0, 0.1) is 0 Å². The van der Waals surface area contributed by atoms with Crippen LogP contribution in [0.5, 0.6) is 0 Å². The number of anilines is 2. The first kappa shape index (κ1) is 23.7. The number of ether oxygens (including phenoxy) is 2. The molecule has 3 aromatic carbocycles. The monoisotopic (exact) mass is 493 g/mol. The van der Waals surface area contributed by atoms with E-state index in [1.807, 2.05) is 30.3 Å². The van der Waals surface area contributed by atoms with E-state index >= 15 is 0 Å².